The third kappa shape index (κ3) is 9.75. The third-order valence-electron chi connectivity index (χ3n) is 4.93. The van der Waals surface area contributed by atoms with Crippen molar-refractivity contribution in [3.8, 4) is 0 Å². The van der Waals surface area contributed by atoms with E-state index in [1.807, 2.05) is 0 Å². The van der Waals surface area contributed by atoms with Gasteiger partial charge in [-0.1, -0.05) is 34.1 Å². The molecule has 0 bridgehead atoms. The Morgan fingerprint density at radius 1 is 0.903 bits per heavy atom. The zero-order valence-corrected chi connectivity index (χ0v) is 18.4. The zero-order valence-electron chi connectivity index (χ0n) is 18.4. The average Bonchev–Trinajstić information content (AvgIpc) is 2.70. The number of rotatable bonds is 14. The summed E-state index contributed by atoms with van der Waals surface area (Å²) in [7, 11) is 0. The van der Waals surface area contributed by atoms with Gasteiger partial charge in [-0.25, -0.2) is 4.79 Å². The molecule has 0 radical (unpaired) electrons. The molecule has 0 rings (SSSR count). The average molecular weight is 446 g/mol. The number of primary amides is 1. The first-order valence-corrected chi connectivity index (χ1v) is 10.1. The van der Waals surface area contributed by atoms with Gasteiger partial charge in [-0.05, 0) is 18.3 Å². The molecule has 4 amide bonds. The number of carboxylic acid groups (broad SMARTS) is 1. The van der Waals surface area contributed by atoms with Crippen LogP contribution < -0.4 is 27.4 Å². The summed E-state index contributed by atoms with van der Waals surface area (Å²) in [4.78, 5) is 59.9. The number of hydrogen-bond donors (Lipinski definition) is 7. The van der Waals surface area contributed by atoms with Crippen LogP contribution in [-0.2, 0) is 24.0 Å². The van der Waals surface area contributed by atoms with Crippen LogP contribution in [0.2, 0.25) is 0 Å². The highest BCUT2D eigenvalue weighted by molar-refractivity contribution is 5.94. The van der Waals surface area contributed by atoms with Gasteiger partial charge in [-0.15, -0.1) is 0 Å². The number of aliphatic hydroxyl groups excluding tert-OH is 1. The number of carbonyl (C=O) groups is 5. The Balaban J connectivity index is 5.40. The maximum Gasteiger partial charge on any atom is 0.326 e. The Morgan fingerprint density at radius 3 is 1.84 bits per heavy atom. The quantitative estimate of drug-likeness (QED) is 0.155. The number of amides is 4. The maximum absolute atomic E-state index is 12.6. The van der Waals surface area contributed by atoms with Crippen molar-refractivity contribution in [2.45, 2.75) is 71.1 Å². The van der Waals surface area contributed by atoms with Gasteiger partial charge in [0.2, 0.25) is 23.6 Å². The van der Waals surface area contributed by atoms with Crippen LogP contribution in [0.25, 0.3) is 0 Å². The molecule has 178 valence electrons. The molecule has 0 aromatic rings. The van der Waals surface area contributed by atoms with Gasteiger partial charge < -0.3 is 37.6 Å². The Bertz CT molecular complexity index is 656. The molecule has 12 nitrogen and oxygen atoms in total. The normalized spacial score (nSPS) is 15.8. The molecule has 0 heterocycles. The minimum Gasteiger partial charge on any atom is -0.480 e. The predicted octanol–water partition coefficient (Wildman–Crippen LogP) is -2.19. The molecule has 0 aromatic carbocycles. The van der Waals surface area contributed by atoms with Crippen LogP contribution in [0.5, 0.6) is 0 Å². The number of carbonyl (C=O) groups excluding carboxylic acids is 4. The molecule has 5 unspecified atom stereocenters. The molecule has 0 aliphatic rings. The van der Waals surface area contributed by atoms with Crippen molar-refractivity contribution in [2.24, 2.45) is 23.3 Å². The van der Waals surface area contributed by atoms with Gasteiger partial charge >= 0.3 is 5.97 Å². The van der Waals surface area contributed by atoms with Gasteiger partial charge in [0.25, 0.3) is 0 Å². The minimum absolute atomic E-state index is 0.197. The highest BCUT2D eigenvalue weighted by Crippen LogP contribution is 2.09. The van der Waals surface area contributed by atoms with Crippen LogP contribution in [0.4, 0.5) is 0 Å². The number of nitrogens with two attached hydrogens (primary N) is 2. The summed E-state index contributed by atoms with van der Waals surface area (Å²) >= 11 is 0. The molecule has 0 fully saturated rings. The van der Waals surface area contributed by atoms with Gasteiger partial charge in [-0.2, -0.15) is 0 Å². The van der Waals surface area contributed by atoms with Crippen molar-refractivity contribution in [3.05, 3.63) is 0 Å². The number of aliphatic carboxylic acids is 1. The van der Waals surface area contributed by atoms with Gasteiger partial charge in [0.1, 0.15) is 18.1 Å². The van der Waals surface area contributed by atoms with E-state index in [9.17, 15) is 34.2 Å². The van der Waals surface area contributed by atoms with Crippen LogP contribution in [0.3, 0.4) is 0 Å². The second-order valence-corrected chi connectivity index (χ2v) is 7.79. The van der Waals surface area contributed by atoms with E-state index in [0.717, 1.165) is 0 Å². The number of hydrogen-bond acceptors (Lipinski definition) is 7. The summed E-state index contributed by atoms with van der Waals surface area (Å²) in [6.07, 6.45) is 0.0233. The lowest BCUT2D eigenvalue weighted by atomic mass is 9.98. The largest absolute Gasteiger partial charge is 0.480 e. The topological polar surface area (TPSA) is 214 Å². The van der Waals surface area contributed by atoms with E-state index in [2.05, 4.69) is 16.0 Å². The van der Waals surface area contributed by atoms with Crippen molar-refractivity contribution >= 4 is 29.6 Å². The van der Waals surface area contributed by atoms with Crippen LogP contribution >= 0.6 is 0 Å². The minimum atomic E-state index is -1.40. The summed E-state index contributed by atoms with van der Waals surface area (Å²) in [5.41, 5.74) is 10.8. The summed E-state index contributed by atoms with van der Waals surface area (Å²) in [5, 5.41) is 25.8. The van der Waals surface area contributed by atoms with Crippen LogP contribution in [-0.4, -0.2) is 70.6 Å². The van der Waals surface area contributed by atoms with E-state index >= 15 is 0 Å². The number of nitrogens with one attached hydrogen (secondary N) is 3. The van der Waals surface area contributed by atoms with Crippen molar-refractivity contribution < 1.29 is 34.2 Å². The first-order valence-electron chi connectivity index (χ1n) is 10.1. The smallest absolute Gasteiger partial charge is 0.326 e. The highest BCUT2D eigenvalue weighted by Gasteiger charge is 2.32. The first-order chi connectivity index (χ1) is 14.3. The van der Waals surface area contributed by atoms with Gasteiger partial charge in [0.15, 0.2) is 0 Å². The molecule has 5 atom stereocenters. The lowest BCUT2D eigenvalue weighted by molar-refractivity contribution is -0.144. The molecular formula is C19H35N5O7. The van der Waals surface area contributed by atoms with Crippen molar-refractivity contribution in [1.82, 2.24) is 16.0 Å². The Kier molecular flexibility index (Phi) is 12.4. The maximum atomic E-state index is 12.6. The molecule has 0 aliphatic carbocycles. The Hall–Kier alpha value is -2.73. The van der Waals surface area contributed by atoms with Gasteiger partial charge in [0, 0.05) is 6.42 Å². The molecule has 31 heavy (non-hydrogen) atoms. The molecule has 9 N–H and O–H groups in total. The standard InChI is InChI=1S/C19H35N5O7/c1-5-10(4)15(19(30)31)24-16(27)11(6-7-13(20)26)22-17(28)12(8-25)23-18(29)14(21)9(2)3/h9-12,14-15,25H,5-8,21H2,1-4H3,(H2,20,26)(H,22,28)(H,23,29)(H,24,27)(H,30,31). The van der Waals surface area contributed by atoms with E-state index in [1.54, 1.807) is 27.7 Å². The summed E-state index contributed by atoms with van der Waals surface area (Å²) in [5.74, 6) is -4.97. The summed E-state index contributed by atoms with van der Waals surface area (Å²) in [6.45, 7) is 6.05. The molecule has 0 aliphatic heterocycles. The second-order valence-electron chi connectivity index (χ2n) is 7.79. The second kappa shape index (κ2) is 13.5. The number of carboxylic acids is 1. The predicted molar refractivity (Wildman–Crippen MR) is 111 cm³/mol. The van der Waals surface area contributed by atoms with Crippen molar-refractivity contribution in [3.63, 3.8) is 0 Å². The molecule has 0 spiro atoms. The third-order valence-corrected chi connectivity index (χ3v) is 4.93. The molecule has 12 heteroatoms. The SMILES string of the molecule is CCC(C)C(NC(=O)C(CCC(N)=O)NC(=O)C(CO)NC(=O)C(N)C(C)C)C(=O)O. The number of aliphatic hydroxyl groups is 1. The molecular weight excluding hydrogens is 410 g/mol. The lowest BCUT2D eigenvalue weighted by Crippen LogP contribution is -2.59. The molecule has 0 saturated heterocycles. The van der Waals surface area contributed by atoms with Crippen LogP contribution in [0.1, 0.15) is 47.0 Å². The van der Waals surface area contributed by atoms with Crippen LogP contribution in [0.15, 0.2) is 0 Å². The Morgan fingerprint density at radius 2 is 1.42 bits per heavy atom. The summed E-state index contributed by atoms with van der Waals surface area (Å²) < 4.78 is 0. The van der Waals surface area contributed by atoms with Gasteiger partial charge in [0.05, 0.1) is 12.6 Å². The van der Waals surface area contributed by atoms with Crippen molar-refractivity contribution in [2.75, 3.05) is 6.61 Å². The zero-order chi connectivity index (χ0) is 24.3. The fourth-order valence-electron chi connectivity index (χ4n) is 2.53. The van der Waals surface area contributed by atoms with E-state index < -0.39 is 66.3 Å². The molecule has 0 aromatic heterocycles. The van der Waals surface area contributed by atoms with Crippen molar-refractivity contribution in [1.29, 1.82) is 0 Å². The van der Waals surface area contributed by atoms with E-state index in [1.165, 1.54) is 0 Å². The van der Waals surface area contributed by atoms with E-state index in [-0.39, 0.29) is 18.8 Å². The monoisotopic (exact) mass is 445 g/mol. The fourth-order valence-corrected chi connectivity index (χ4v) is 2.53. The summed E-state index contributed by atoms with van der Waals surface area (Å²) in [6, 6.07) is -4.83. The Labute approximate surface area is 181 Å². The van der Waals surface area contributed by atoms with E-state index in [0.29, 0.717) is 6.42 Å². The van der Waals surface area contributed by atoms with Crippen LogP contribution in [0, 0.1) is 11.8 Å². The first kappa shape index (κ1) is 28.3. The molecule has 0 saturated carbocycles. The van der Waals surface area contributed by atoms with E-state index in [4.69, 9.17) is 11.5 Å². The van der Waals surface area contributed by atoms with Gasteiger partial charge in [-0.3, -0.25) is 19.2 Å². The lowest BCUT2D eigenvalue weighted by Gasteiger charge is -2.26. The highest BCUT2D eigenvalue weighted by atomic mass is 16.4. The fraction of sp³-hybridized carbons (Fsp3) is 0.737.